The summed E-state index contributed by atoms with van der Waals surface area (Å²) in [6.07, 6.45) is 4.42. The fourth-order valence-electron chi connectivity index (χ4n) is 4.08. The van der Waals surface area contributed by atoms with Gasteiger partial charge in [-0.2, -0.15) is 0 Å². The fourth-order valence-corrected chi connectivity index (χ4v) is 4.08. The average Bonchev–Trinajstić information content (AvgIpc) is 3.17. The Morgan fingerprint density at radius 3 is 2.55 bits per heavy atom. The highest BCUT2D eigenvalue weighted by atomic mass is 16.2. The number of hydrogen-bond acceptors (Lipinski definition) is 4. The fraction of sp³-hybridized carbons (Fsp3) is 0.409. The lowest BCUT2D eigenvalue weighted by Crippen LogP contribution is -2.49. The summed E-state index contributed by atoms with van der Waals surface area (Å²) in [4.78, 5) is 34.4. The molecule has 1 aromatic carbocycles. The summed E-state index contributed by atoms with van der Waals surface area (Å²) in [5, 5.41) is 2.79. The van der Waals surface area contributed by atoms with Crippen molar-refractivity contribution in [3.8, 4) is 0 Å². The number of benzene rings is 1. The lowest BCUT2D eigenvalue weighted by molar-refractivity contribution is 0.0728. The molecule has 1 aromatic heterocycles. The SMILES string of the molecule is C=CCNC(=O)c1nc(C(=O)N2CCN(c3ccccc3)CC2)n2c1CCCC2. The lowest BCUT2D eigenvalue weighted by Gasteiger charge is -2.36. The molecule has 0 aliphatic carbocycles. The summed E-state index contributed by atoms with van der Waals surface area (Å²) in [6, 6.07) is 10.3. The van der Waals surface area contributed by atoms with E-state index in [4.69, 9.17) is 0 Å². The number of para-hydroxylation sites is 1. The first-order chi connectivity index (χ1) is 14.2. The van der Waals surface area contributed by atoms with Gasteiger partial charge in [0.25, 0.3) is 11.8 Å². The van der Waals surface area contributed by atoms with Crippen LogP contribution in [0.25, 0.3) is 0 Å². The Morgan fingerprint density at radius 1 is 1.07 bits per heavy atom. The van der Waals surface area contributed by atoms with Crippen LogP contribution in [0.4, 0.5) is 5.69 Å². The second-order valence-corrected chi connectivity index (χ2v) is 7.45. The van der Waals surface area contributed by atoms with Crippen LogP contribution in [0.2, 0.25) is 0 Å². The molecule has 152 valence electrons. The summed E-state index contributed by atoms with van der Waals surface area (Å²) in [7, 11) is 0. The number of imidazole rings is 1. The molecule has 29 heavy (non-hydrogen) atoms. The average molecular weight is 393 g/mol. The Kier molecular flexibility index (Phi) is 5.64. The molecule has 1 N–H and O–H groups in total. The van der Waals surface area contributed by atoms with Gasteiger partial charge in [-0.05, 0) is 31.4 Å². The quantitative estimate of drug-likeness (QED) is 0.790. The summed E-state index contributed by atoms with van der Waals surface area (Å²) < 4.78 is 1.96. The molecule has 0 atom stereocenters. The number of amides is 2. The van der Waals surface area contributed by atoms with Crippen molar-refractivity contribution < 1.29 is 9.59 Å². The highest BCUT2D eigenvalue weighted by Crippen LogP contribution is 2.23. The van der Waals surface area contributed by atoms with Gasteiger partial charge < -0.3 is 19.7 Å². The number of fused-ring (bicyclic) bond motifs is 1. The maximum atomic E-state index is 13.2. The van der Waals surface area contributed by atoms with Crippen molar-refractivity contribution >= 4 is 17.5 Å². The van der Waals surface area contributed by atoms with E-state index in [2.05, 4.69) is 33.9 Å². The Morgan fingerprint density at radius 2 is 1.83 bits per heavy atom. The molecule has 0 saturated carbocycles. The largest absolute Gasteiger partial charge is 0.368 e. The minimum atomic E-state index is -0.233. The predicted molar refractivity (Wildman–Crippen MR) is 112 cm³/mol. The molecular formula is C22H27N5O2. The number of carbonyl (C=O) groups is 2. The Hall–Kier alpha value is -3.09. The monoisotopic (exact) mass is 393 g/mol. The molecule has 2 aliphatic rings. The molecule has 7 heteroatoms. The zero-order valence-electron chi connectivity index (χ0n) is 16.6. The van der Waals surface area contributed by atoms with Crippen LogP contribution in [0.1, 0.15) is 39.6 Å². The first-order valence-electron chi connectivity index (χ1n) is 10.3. The van der Waals surface area contributed by atoms with E-state index in [9.17, 15) is 9.59 Å². The molecule has 2 aliphatic heterocycles. The first-order valence-corrected chi connectivity index (χ1v) is 10.3. The van der Waals surface area contributed by atoms with E-state index in [-0.39, 0.29) is 11.8 Å². The molecule has 3 heterocycles. The van der Waals surface area contributed by atoms with Crippen molar-refractivity contribution in [2.24, 2.45) is 0 Å². The van der Waals surface area contributed by atoms with Gasteiger partial charge in [0.05, 0.1) is 5.69 Å². The maximum absolute atomic E-state index is 13.2. The molecule has 7 nitrogen and oxygen atoms in total. The van der Waals surface area contributed by atoms with Gasteiger partial charge in [-0.1, -0.05) is 24.3 Å². The summed E-state index contributed by atoms with van der Waals surface area (Å²) >= 11 is 0. The first kappa shape index (κ1) is 19.2. The van der Waals surface area contributed by atoms with E-state index in [0.717, 1.165) is 44.6 Å². The van der Waals surface area contributed by atoms with Gasteiger partial charge in [-0.25, -0.2) is 4.98 Å². The third kappa shape index (κ3) is 3.90. The van der Waals surface area contributed by atoms with Crippen LogP contribution in [0.15, 0.2) is 43.0 Å². The van der Waals surface area contributed by atoms with Gasteiger partial charge in [0.1, 0.15) is 5.69 Å². The zero-order valence-corrected chi connectivity index (χ0v) is 16.6. The predicted octanol–water partition coefficient (Wildman–Crippen LogP) is 2.10. The molecule has 2 amide bonds. The molecule has 0 radical (unpaired) electrons. The summed E-state index contributed by atoms with van der Waals surface area (Å²) in [5.41, 5.74) is 2.45. The van der Waals surface area contributed by atoms with Crippen LogP contribution in [0, 0.1) is 0 Å². The number of nitrogens with one attached hydrogen (secondary N) is 1. The Balaban J connectivity index is 1.51. The van der Waals surface area contributed by atoms with Crippen molar-refractivity contribution in [2.45, 2.75) is 25.8 Å². The van der Waals surface area contributed by atoms with Crippen LogP contribution in [-0.2, 0) is 13.0 Å². The van der Waals surface area contributed by atoms with E-state index >= 15 is 0 Å². The molecule has 0 spiro atoms. The molecular weight excluding hydrogens is 366 g/mol. The van der Waals surface area contributed by atoms with Crippen LogP contribution in [-0.4, -0.2) is 59.0 Å². The lowest BCUT2D eigenvalue weighted by atomic mass is 10.1. The van der Waals surface area contributed by atoms with E-state index in [0.29, 0.717) is 31.2 Å². The molecule has 0 unspecified atom stereocenters. The number of hydrogen-bond donors (Lipinski definition) is 1. The second-order valence-electron chi connectivity index (χ2n) is 7.45. The number of rotatable bonds is 5. The Labute approximate surface area is 171 Å². The van der Waals surface area contributed by atoms with Gasteiger partial charge in [-0.15, -0.1) is 6.58 Å². The number of nitrogens with zero attached hydrogens (tertiary/aromatic N) is 4. The topological polar surface area (TPSA) is 70.5 Å². The summed E-state index contributed by atoms with van der Waals surface area (Å²) in [5.74, 6) is 0.0868. The molecule has 1 fully saturated rings. The van der Waals surface area contributed by atoms with Gasteiger partial charge in [0.15, 0.2) is 5.82 Å². The van der Waals surface area contributed by atoms with Gasteiger partial charge in [0.2, 0.25) is 0 Å². The normalized spacial score (nSPS) is 16.3. The summed E-state index contributed by atoms with van der Waals surface area (Å²) in [6.45, 7) is 7.62. The van der Waals surface area contributed by atoms with Gasteiger partial charge >= 0.3 is 0 Å². The molecule has 4 rings (SSSR count). The number of piperazine rings is 1. The van der Waals surface area contributed by atoms with E-state index in [1.165, 1.54) is 5.69 Å². The number of carbonyl (C=O) groups excluding carboxylic acids is 2. The molecule has 2 aromatic rings. The van der Waals surface area contributed by atoms with E-state index in [1.807, 2.05) is 27.7 Å². The third-order valence-corrected chi connectivity index (χ3v) is 5.62. The van der Waals surface area contributed by atoms with Crippen LogP contribution >= 0.6 is 0 Å². The minimum absolute atomic E-state index is 0.0800. The standard InChI is InChI=1S/C22H27N5O2/c1-2-11-23-21(28)19-18-10-6-7-12-27(18)20(24-19)22(29)26-15-13-25(14-16-26)17-8-4-3-5-9-17/h2-5,8-9H,1,6-7,10-16H2,(H,23,28). The van der Waals surface area contributed by atoms with Crippen molar-refractivity contribution in [1.82, 2.24) is 19.8 Å². The van der Waals surface area contributed by atoms with Crippen molar-refractivity contribution in [3.63, 3.8) is 0 Å². The number of aromatic nitrogens is 2. The highest BCUT2D eigenvalue weighted by molar-refractivity contribution is 5.97. The smallest absolute Gasteiger partial charge is 0.290 e. The van der Waals surface area contributed by atoms with Crippen LogP contribution < -0.4 is 10.2 Å². The van der Waals surface area contributed by atoms with E-state index < -0.39 is 0 Å². The number of anilines is 1. The van der Waals surface area contributed by atoms with Crippen molar-refractivity contribution in [2.75, 3.05) is 37.6 Å². The molecule has 1 saturated heterocycles. The second kappa shape index (κ2) is 8.51. The maximum Gasteiger partial charge on any atom is 0.290 e. The Bertz CT molecular complexity index is 897. The minimum Gasteiger partial charge on any atom is -0.368 e. The van der Waals surface area contributed by atoms with Crippen molar-refractivity contribution in [3.05, 3.63) is 60.2 Å². The third-order valence-electron chi connectivity index (χ3n) is 5.62. The van der Waals surface area contributed by atoms with E-state index in [1.54, 1.807) is 6.08 Å². The van der Waals surface area contributed by atoms with Crippen LogP contribution in [0.5, 0.6) is 0 Å². The zero-order chi connectivity index (χ0) is 20.2. The van der Waals surface area contributed by atoms with Gasteiger partial charge in [0, 0.05) is 45.0 Å². The van der Waals surface area contributed by atoms with Gasteiger partial charge in [-0.3, -0.25) is 9.59 Å². The molecule has 0 bridgehead atoms. The highest BCUT2D eigenvalue weighted by Gasteiger charge is 2.31. The van der Waals surface area contributed by atoms with Crippen LogP contribution in [0.3, 0.4) is 0 Å². The van der Waals surface area contributed by atoms with Crippen molar-refractivity contribution in [1.29, 1.82) is 0 Å².